The first kappa shape index (κ1) is 22.2. The minimum atomic E-state index is 0.136. The summed E-state index contributed by atoms with van der Waals surface area (Å²) >= 11 is 0. The maximum atomic E-state index is 5.42. The van der Waals surface area contributed by atoms with Gasteiger partial charge < -0.3 is 10.6 Å². The van der Waals surface area contributed by atoms with E-state index in [2.05, 4.69) is 48.9 Å². The van der Waals surface area contributed by atoms with E-state index in [0.29, 0.717) is 0 Å². The Morgan fingerprint density at radius 2 is 1.44 bits per heavy atom. The van der Waals surface area contributed by atoms with E-state index in [1.54, 1.807) is 0 Å². The normalized spacial score (nSPS) is 42.5. The molecule has 4 aliphatic carbocycles. The highest BCUT2D eigenvalue weighted by Crippen LogP contribution is 2.57. The fourth-order valence-electron chi connectivity index (χ4n) is 10.5. The molecular formula is C32H42N4. The third-order valence-electron chi connectivity index (χ3n) is 11.5. The monoisotopic (exact) mass is 482 g/mol. The number of hydrogen-bond acceptors (Lipinski definition) is 4. The van der Waals surface area contributed by atoms with E-state index in [4.69, 9.17) is 9.97 Å². The van der Waals surface area contributed by atoms with Gasteiger partial charge in [-0.25, -0.2) is 0 Å². The van der Waals surface area contributed by atoms with Crippen LogP contribution in [0, 0.1) is 35.5 Å². The first-order valence-corrected chi connectivity index (χ1v) is 15.1. The predicted molar refractivity (Wildman–Crippen MR) is 143 cm³/mol. The van der Waals surface area contributed by atoms with Crippen LogP contribution in [0.4, 0.5) is 0 Å². The van der Waals surface area contributed by atoms with Gasteiger partial charge in [0.15, 0.2) is 0 Å². The molecule has 8 atom stereocenters. The molecule has 4 heteroatoms. The van der Waals surface area contributed by atoms with Gasteiger partial charge in [-0.3, -0.25) is 9.97 Å². The first-order chi connectivity index (χ1) is 17.6. The highest BCUT2D eigenvalue weighted by Gasteiger charge is 2.55. The van der Waals surface area contributed by atoms with Crippen LogP contribution >= 0.6 is 0 Å². The Bertz CT molecular complexity index is 1210. The Hall–Kier alpha value is -1.78. The Morgan fingerprint density at radius 3 is 2.14 bits per heavy atom. The van der Waals surface area contributed by atoms with Crippen LogP contribution < -0.4 is 10.6 Å². The molecule has 4 heterocycles. The fraction of sp³-hybridized carbons (Fsp3) is 0.688. The molecule has 2 aromatic heterocycles. The minimum absolute atomic E-state index is 0.136. The summed E-state index contributed by atoms with van der Waals surface area (Å²) in [5.41, 5.74) is 8.41. The molecule has 0 radical (unpaired) electrons. The van der Waals surface area contributed by atoms with E-state index in [1.807, 2.05) is 0 Å². The van der Waals surface area contributed by atoms with Gasteiger partial charge in [0.2, 0.25) is 0 Å². The molecule has 2 aliphatic heterocycles. The third kappa shape index (κ3) is 3.01. The molecule has 0 spiro atoms. The topological polar surface area (TPSA) is 49.8 Å². The summed E-state index contributed by atoms with van der Waals surface area (Å²) in [6, 6.07) is 7.28. The van der Waals surface area contributed by atoms with Crippen molar-refractivity contribution in [2.24, 2.45) is 35.5 Å². The standard InChI is InChI=1S/C32H42N4/c1-19-12-22-15-30-26(31(16-19)24(22)5-3-9-34-31)7-8-28(36-30)23-13-27-29(33-18-23)14-21-11-20(2)17-32(27)25(21)6-4-10-35-32/h7-8,13,18-22,24-25,34-35H,3-6,9-12,14-17H2,1-2H3/t19-,20-,21-,22-,24-,25-,31-,32-/m1/s1. The summed E-state index contributed by atoms with van der Waals surface area (Å²) < 4.78 is 0. The molecule has 2 N–H and O–H groups in total. The molecular weight excluding hydrogens is 440 g/mol. The van der Waals surface area contributed by atoms with Gasteiger partial charge in [-0.1, -0.05) is 19.9 Å². The van der Waals surface area contributed by atoms with E-state index < -0.39 is 0 Å². The molecule has 190 valence electrons. The largest absolute Gasteiger partial charge is 0.307 e. The molecule has 0 unspecified atom stereocenters. The van der Waals surface area contributed by atoms with Gasteiger partial charge in [0.25, 0.3) is 0 Å². The summed E-state index contributed by atoms with van der Waals surface area (Å²) in [6.07, 6.45) is 15.2. The molecule has 0 aromatic carbocycles. The van der Waals surface area contributed by atoms with Crippen molar-refractivity contribution in [2.45, 2.75) is 89.1 Å². The number of piperidine rings is 2. The van der Waals surface area contributed by atoms with Gasteiger partial charge in [-0.2, -0.15) is 0 Å². The van der Waals surface area contributed by atoms with E-state index in [9.17, 15) is 0 Å². The van der Waals surface area contributed by atoms with Crippen LogP contribution in [0.5, 0.6) is 0 Å². The summed E-state index contributed by atoms with van der Waals surface area (Å²) in [5, 5.41) is 8.12. The van der Waals surface area contributed by atoms with Crippen molar-refractivity contribution in [3.8, 4) is 11.3 Å². The zero-order valence-electron chi connectivity index (χ0n) is 22.2. The van der Waals surface area contributed by atoms with Gasteiger partial charge in [0.05, 0.1) is 5.69 Å². The highest BCUT2D eigenvalue weighted by atomic mass is 15.0. The highest BCUT2D eigenvalue weighted by molar-refractivity contribution is 5.62. The second kappa shape index (κ2) is 7.86. The average molecular weight is 483 g/mol. The number of rotatable bonds is 1. The molecule has 2 aromatic rings. The van der Waals surface area contributed by atoms with E-state index >= 15 is 0 Å². The van der Waals surface area contributed by atoms with E-state index in [0.717, 1.165) is 60.7 Å². The summed E-state index contributed by atoms with van der Waals surface area (Å²) in [7, 11) is 0. The Labute approximate surface area is 216 Å². The Kier molecular flexibility index (Phi) is 4.86. The van der Waals surface area contributed by atoms with Gasteiger partial charge in [-0.15, -0.1) is 0 Å². The average Bonchev–Trinajstić information content (AvgIpc) is 2.87. The smallest absolute Gasteiger partial charge is 0.0721 e. The van der Waals surface area contributed by atoms with Crippen LogP contribution in [-0.2, 0) is 23.9 Å². The number of nitrogens with one attached hydrogen (secondary N) is 2. The van der Waals surface area contributed by atoms with Crippen molar-refractivity contribution in [2.75, 3.05) is 13.1 Å². The van der Waals surface area contributed by atoms with E-state index in [1.165, 1.54) is 85.9 Å². The lowest BCUT2D eigenvalue weighted by Gasteiger charge is -2.57. The van der Waals surface area contributed by atoms with Gasteiger partial charge in [0.1, 0.15) is 0 Å². The molecule has 36 heavy (non-hydrogen) atoms. The quantitative estimate of drug-likeness (QED) is 0.544. The fourth-order valence-corrected chi connectivity index (χ4v) is 10.5. The lowest BCUT2D eigenvalue weighted by Crippen LogP contribution is -2.60. The molecule has 0 amide bonds. The molecule has 4 bridgehead atoms. The molecule has 6 aliphatic rings. The van der Waals surface area contributed by atoms with Crippen molar-refractivity contribution in [1.29, 1.82) is 0 Å². The lowest BCUT2D eigenvalue weighted by atomic mass is 9.54. The first-order valence-electron chi connectivity index (χ1n) is 15.1. The number of hydrogen-bond donors (Lipinski definition) is 2. The second-order valence-corrected chi connectivity index (χ2v) is 13.7. The van der Waals surface area contributed by atoms with Crippen molar-refractivity contribution in [1.82, 2.24) is 20.6 Å². The van der Waals surface area contributed by atoms with Gasteiger partial charge in [0, 0.05) is 34.2 Å². The van der Waals surface area contributed by atoms with Crippen molar-refractivity contribution >= 4 is 0 Å². The lowest BCUT2D eigenvalue weighted by molar-refractivity contribution is 0.00803. The number of aromatic nitrogens is 2. The van der Waals surface area contributed by atoms with E-state index in [-0.39, 0.29) is 11.1 Å². The zero-order chi connectivity index (χ0) is 24.1. The minimum Gasteiger partial charge on any atom is -0.307 e. The van der Waals surface area contributed by atoms with Crippen LogP contribution in [0.2, 0.25) is 0 Å². The SMILES string of the molecule is C[C@@H]1C[C@@H]2Cc3ncc(-c4ccc5c(n4)C[C@H]4C[C@@H](C)C[C@]56NCCC[C@H]46)cc3[C@]3(C1)NCCC[C@H]23. The van der Waals surface area contributed by atoms with Crippen molar-refractivity contribution in [3.05, 3.63) is 46.9 Å². The maximum absolute atomic E-state index is 5.42. The second-order valence-electron chi connectivity index (χ2n) is 13.7. The summed E-state index contributed by atoms with van der Waals surface area (Å²) in [6.45, 7) is 7.24. The van der Waals surface area contributed by atoms with Crippen LogP contribution in [0.15, 0.2) is 24.4 Å². The molecule has 4 nitrogen and oxygen atoms in total. The Balaban J connectivity index is 1.21. The molecule has 2 saturated carbocycles. The maximum Gasteiger partial charge on any atom is 0.0721 e. The summed E-state index contributed by atoms with van der Waals surface area (Å²) in [5.74, 6) is 4.73. The number of fused-ring (bicyclic) bond motifs is 2. The van der Waals surface area contributed by atoms with Gasteiger partial charge >= 0.3 is 0 Å². The van der Waals surface area contributed by atoms with Crippen molar-refractivity contribution < 1.29 is 0 Å². The van der Waals surface area contributed by atoms with Crippen LogP contribution in [0.3, 0.4) is 0 Å². The van der Waals surface area contributed by atoms with Gasteiger partial charge in [-0.05, 0) is 136 Å². The predicted octanol–water partition coefficient (Wildman–Crippen LogP) is 5.74. The zero-order valence-corrected chi connectivity index (χ0v) is 22.2. The third-order valence-corrected chi connectivity index (χ3v) is 11.5. The molecule has 8 rings (SSSR count). The number of nitrogens with zero attached hydrogens (tertiary/aromatic N) is 2. The summed E-state index contributed by atoms with van der Waals surface area (Å²) in [4.78, 5) is 10.6. The number of pyridine rings is 2. The van der Waals surface area contributed by atoms with Crippen LogP contribution in [0.1, 0.15) is 87.7 Å². The van der Waals surface area contributed by atoms with Crippen molar-refractivity contribution in [3.63, 3.8) is 0 Å². The molecule has 4 fully saturated rings. The van der Waals surface area contributed by atoms with Crippen LogP contribution in [0.25, 0.3) is 11.3 Å². The van der Waals surface area contributed by atoms with Crippen LogP contribution in [-0.4, -0.2) is 23.1 Å². The Morgan fingerprint density at radius 1 is 0.806 bits per heavy atom. The molecule has 2 saturated heterocycles.